The number of aromatic amines is 1. The third kappa shape index (κ3) is 2.12. The minimum absolute atomic E-state index is 0.229. The van der Waals surface area contributed by atoms with Gasteiger partial charge in [-0.25, -0.2) is 8.78 Å². The lowest BCUT2D eigenvalue weighted by atomic mass is 10.1. The lowest BCUT2D eigenvalue weighted by Gasteiger charge is -2.05. The van der Waals surface area contributed by atoms with E-state index in [0.717, 1.165) is 0 Å². The van der Waals surface area contributed by atoms with Crippen LogP contribution >= 0.6 is 0 Å². The monoisotopic (exact) mass is 257 g/mol. The Bertz CT molecular complexity index is 824. The van der Waals surface area contributed by atoms with E-state index < -0.39 is 11.6 Å². The van der Waals surface area contributed by atoms with E-state index in [4.69, 9.17) is 0 Å². The molecule has 0 saturated heterocycles. The number of hydrogen-bond donors (Lipinski definition) is 1. The van der Waals surface area contributed by atoms with E-state index in [1.165, 1.54) is 36.4 Å². The molecule has 0 saturated carbocycles. The number of benzene rings is 2. The van der Waals surface area contributed by atoms with Crippen LogP contribution in [0.25, 0.3) is 22.2 Å². The highest BCUT2D eigenvalue weighted by Gasteiger charge is 2.05. The van der Waals surface area contributed by atoms with Crippen molar-refractivity contribution in [2.75, 3.05) is 0 Å². The number of aromatic nitrogens is 1. The van der Waals surface area contributed by atoms with E-state index >= 15 is 0 Å². The average molecular weight is 257 g/mol. The van der Waals surface area contributed by atoms with Crippen molar-refractivity contribution in [1.82, 2.24) is 4.98 Å². The molecule has 3 rings (SSSR count). The predicted molar refractivity (Wildman–Crippen MR) is 69.9 cm³/mol. The molecule has 4 heteroatoms. The standard InChI is InChI=1S/C15H9F2NO/c16-10-3-1-2-9(6-10)13-8-15(19)12-5-4-11(17)7-14(12)18-13/h1-8H,(H,18,19). The SMILES string of the molecule is O=c1cc(-c2cccc(F)c2)[nH]c2cc(F)ccc12. The van der Waals surface area contributed by atoms with Gasteiger partial charge in [0.15, 0.2) is 5.43 Å². The minimum atomic E-state index is -0.431. The first-order valence-corrected chi connectivity index (χ1v) is 5.72. The first kappa shape index (κ1) is 11.6. The molecular weight excluding hydrogens is 248 g/mol. The highest BCUT2D eigenvalue weighted by Crippen LogP contribution is 2.19. The molecule has 0 aliphatic carbocycles. The zero-order chi connectivity index (χ0) is 13.4. The largest absolute Gasteiger partial charge is 0.354 e. The first-order chi connectivity index (χ1) is 9.13. The van der Waals surface area contributed by atoms with Gasteiger partial charge in [-0.2, -0.15) is 0 Å². The summed E-state index contributed by atoms with van der Waals surface area (Å²) in [6.07, 6.45) is 0. The summed E-state index contributed by atoms with van der Waals surface area (Å²) in [7, 11) is 0. The van der Waals surface area contributed by atoms with Gasteiger partial charge in [0, 0.05) is 22.7 Å². The number of hydrogen-bond acceptors (Lipinski definition) is 1. The highest BCUT2D eigenvalue weighted by atomic mass is 19.1. The van der Waals surface area contributed by atoms with Gasteiger partial charge >= 0.3 is 0 Å². The summed E-state index contributed by atoms with van der Waals surface area (Å²) in [5.74, 6) is -0.822. The summed E-state index contributed by atoms with van der Waals surface area (Å²) in [5.41, 5.74) is 1.17. The van der Waals surface area contributed by atoms with Crippen LogP contribution in [0.3, 0.4) is 0 Å². The van der Waals surface area contributed by atoms with Gasteiger partial charge in [-0.1, -0.05) is 12.1 Å². The Balaban J connectivity index is 2.28. The molecule has 94 valence electrons. The van der Waals surface area contributed by atoms with E-state index in [2.05, 4.69) is 4.98 Å². The molecule has 1 heterocycles. The van der Waals surface area contributed by atoms with Gasteiger partial charge in [0.05, 0.1) is 5.52 Å². The normalized spacial score (nSPS) is 10.8. The molecular formula is C15H9F2NO. The lowest BCUT2D eigenvalue weighted by Crippen LogP contribution is -2.03. The van der Waals surface area contributed by atoms with Crippen LogP contribution in [0.4, 0.5) is 8.78 Å². The number of fused-ring (bicyclic) bond motifs is 1. The first-order valence-electron chi connectivity index (χ1n) is 5.72. The number of H-pyrrole nitrogens is 1. The number of pyridine rings is 1. The maximum absolute atomic E-state index is 13.2. The second kappa shape index (κ2) is 4.31. The minimum Gasteiger partial charge on any atom is -0.354 e. The second-order valence-corrected chi connectivity index (χ2v) is 4.25. The Morgan fingerprint density at radius 2 is 1.68 bits per heavy atom. The molecule has 0 amide bonds. The Morgan fingerprint density at radius 3 is 2.47 bits per heavy atom. The summed E-state index contributed by atoms with van der Waals surface area (Å²) in [6.45, 7) is 0. The second-order valence-electron chi connectivity index (χ2n) is 4.25. The van der Waals surface area contributed by atoms with Crippen LogP contribution in [0.2, 0.25) is 0 Å². The highest BCUT2D eigenvalue weighted by molar-refractivity contribution is 5.81. The van der Waals surface area contributed by atoms with Crippen molar-refractivity contribution in [3.05, 3.63) is 70.4 Å². The van der Waals surface area contributed by atoms with Crippen molar-refractivity contribution in [3.8, 4) is 11.3 Å². The topological polar surface area (TPSA) is 32.9 Å². The third-order valence-electron chi connectivity index (χ3n) is 2.93. The molecule has 0 spiro atoms. The average Bonchev–Trinajstić information content (AvgIpc) is 2.38. The fraction of sp³-hybridized carbons (Fsp3) is 0. The number of nitrogens with one attached hydrogen (secondary N) is 1. The van der Waals surface area contributed by atoms with Crippen LogP contribution in [0.1, 0.15) is 0 Å². The quantitative estimate of drug-likeness (QED) is 0.711. The van der Waals surface area contributed by atoms with Gasteiger partial charge in [0.1, 0.15) is 11.6 Å². The van der Waals surface area contributed by atoms with Crippen molar-refractivity contribution in [2.24, 2.45) is 0 Å². The summed E-state index contributed by atoms with van der Waals surface area (Å²) < 4.78 is 26.4. The molecule has 1 N–H and O–H groups in total. The molecule has 0 atom stereocenters. The Kier molecular flexibility index (Phi) is 2.63. The van der Waals surface area contributed by atoms with Crippen molar-refractivity contribution < 1.29 is 8.78 Å². The maximum Gasteiger partial charge on any atom is 0.190 e. The number of halogens is 2. The van der Waals surface area contributed by atoms with Crippen LogP contribution in [-0.4, -0.2) is 4.98 Å². The predicted octanol–water partition coefficient (Wildman–Crippen LogP) is 3.47. The molecule has 0 fully saturated rings. The van der Waals surface area contributed by atoms with Crippen LogP contribution in [0.5, 0.6) is 0 Å². The van der Waals surface area contributed by atoms with Crippen LogP contribution in [-0.2, 0) is 0 Å². The van der Waals surface area contributed by atoms with Gasteiger partial charge in [-0.15, -0.1) is 0 Å². The summed E-state index contributed by atoms with van der Waals surface area (Å²) in [4.78, 5) is 14.9. The Labute approximate surface area is 107 Å². The van der Waals surface area contributed by atoms with E-state index in [9.17, 15) is 13.6 Å². The van der Waals surface area contributed by atoms with Gasteiger partial charge in [-0.05, 0) is 30.3 Å². The van der Waals surface area contributed by atoms with E-state index in [-0.39, 0.29) is 5.43 Å². The zero-order valence-corrected chi connectivity index (χ0v) is 9.78. The van der Waals surface area contributed by atoms with E-state index in [1.54, 1.807) is 12.1 Å². The zero-order valence-electron chi connectivity index (χ0n) is 9.78. The van der Waals surface area contributed by atoms with Crippen LogP contribution in [0.15, 0.2) is 53.3 Å². The summed E-state index contributed by atoms with van der Waals surface area (Å²) >= 11 is 0. The van der Waals surface area contributed by atoms with Gasteiger partial charge < -0.3 is 4.98 Å². The molecule has 2 aromatic carbocycles. The van der Waals surface area contributed by atoms with Gasteiger partial charge in [0.25, 0.3) is 0 Å². The summed E-state index contributed by atoms with van der Waals surface area (Å²) in [5, 5.41) is 0.404. The van der Waals surface area contributed by atoms with Crippen molar-refractivity contribution in [1.29, 1.82) is 0 Å². The van der Waals surface area contributed by atoms with Gasteiger partial charge in [0.2, 0.25) is 0 Å². The Hall–Kier alpha value is -2.49. The number of rotatable bonds is 1. The molecule has 0 aliphatic heterocycles. The molecule has 3 aromatic rings. The van der Waals surface area contributed by atoms with Crippen molar-refractivity contribution in [2.45, 2.75) is 0 Å². The van der Waals surface area contributed by atoms with Gasteiger partial charge in [-0.3, -0.25) is 4.79 Å². The van der Waals surface area contributed by atoms with Crippen molar-refractivity contribution in [3.63, 3.8) is 0 Å². The molecule has 2 nitrogen and oxygen atoms in total. The fourth-order valence-electron chi connectivity index (χ4n) is 2.04. The lowest BCUT2D eigenvalue weighted by molar-refractivity contribution is 0.628. The van der Waals surface area contributed by atoms with Crippen LogP contribution in [0, 0.1) is 11.6 Å². The molecule has 0 aliphatic rings. The molecule has 0 radical (unpaired) electrons. The van der Waals surface area contributed by atoms with E-state index in [0.29, 0.717) is 22.2 Å². The smallest absolute Gasteiger partial charge is 0.190 e. The molecule has 0 unspecified atom stereocenters. The van der Waals surface area contributed by atoms with E-state index in [1.807, 2.05) is 0 Å². The van der Waals surface area contributed by atoms with Crippen molar-refractivity contribution >= 4 is 10.9 Å². The molecule has 0 bridgehead atoms. The fourth-order valence-corrected chi connectivity index (χ4v) is 2.04. The third-order valence-corrected chi connectivity index (χ3v) is 2.93. The van der Waals surface area contributed by atoms with Crippen LogP contribution < -0.4 is 5.43 Å². The maximum atomic E-state index is 13.2. The molecule has 19 heavy (non-hydrogen) atoms. The summed E-state index contributed by atoms with van der Waals surface area (Å²) in [6, 6.07) is 11.2. The molecule has 1 aromatic heterocycles. The Morgan fingerprint density at radius 1 is 0.895 bits per heavy atom.